The molecule has 1 aromatic rings. The second kappa shape index (κ2) is 4.40. The minimum absolute atomic E-state index is 0.0288. The van der Waals surface area contributed by atoms with Gasteiger partial charge in [0.1, 0.15) is 0 Å². The normalized spacial score (nSPS) is 20.9. The van der Waals surface area contributed by atoms with E-state index in [1.807, 2.05) is 0 Å². The number of nitrogens with two attached hydrogens (primary N) is 1. The van der Waals surface area contributed by atoms with Gasteiger partial charge in [-0.3, -0.25) is 8.72 Å². The molecule has 1 fully saturated rings. The molecular formula is C10H11BrN2O3S. The fourth-order valence-electron chi connectivity index (χ4n) is 1.96. The molecule has 2 rings (SSSR count). The summed E-state index contributed by atoms with van der Waals surface area (Å²) in [5.41, 5.74) is 0.474. The number of halogens is 1. The van der Waals surface area contributed by atoms with Crippen molar-refractivity contribution in [2.45, 2.75) is 17.2 Å². The summed E-state index contributed by atoms with van der Waals surface area (Å²) in [6, 6.07) is 6.35. The Morgan fingerprint density at radius 3 is 2.53 bits per heavy atom. The van der Waals surface area contributed by atoms with Crippen LogP contribution in [0.15, 0.2) is 29.2 Å². The molecule has 1 aliphatic heterocycles. The molecule has 1 aliphatic rings. The molecule has 92 valence electrons. The number of carbonyl (C=O) groups excluding carboxylic acids is 1. The average Bonchev–Trinajstić information content (AvgIpc) is 2.59. The van der Waals surface area contributed by atoms with Gasteiger partial charge >= 0.3 is 0 Å². The highest BCUT2D eigenvalue weighted by atomic mass is 79.9. The molecule has 1 heterocycles. The molecule has 0 aromatic heterocycles. The largest absolute Gasteiger partial charge is 0.278 e. The second-order valence-electron chi connectivity index (χ2n) is 3.85. The quantitative estimate of drug-likeness (QED) is 0.825. The molecule has 1 atom stereocenters. The molecule has 1 amide bonds. The molecule has 0 saturated carbocycles. The van der Waals surface area contributed by atoms with E-state index in [4.69, 9.17) is 5.14 Å². The molecule has 2 N–H and O–H groups in total. The molecule has 1 saturated heterocycles. The number of carbonyl (C=O) groups is 1. The van der Waals surface area contributed by atoms with E-state index in [0.717, 1.165) is 0 Å². The van der Waals surface area contributed by atoms with Gasteiger partial charge in [0.05, 0.1) is 27.0 Å². The van der Waals surface area contributed by atoms with Gasteiger partial charge in [-0.2, -0.15) is 0 Å². The van der Waals surface area contributed by atoms with Crippen LogP contribution in [-0.4, -0.2) is 24.8 Å². The zero-order chi connectivity index (χ0) is 12.6. The van der Waals surface area contributed by atoms with Gasteiger partial charge in [-0.1, -0.05) is 18.2 Å². The predicted octanol–water partition coefficient (Wildman–Crippen LogP) is 0.960. The van der Waals surface area contributed by atoms with Crippen molar-refractivity contribution in [1.82, 2.24) is 3.93 Å². The zero-order valence-electron chi connectivity index (χ0n) is 8.84. The van der Waals surface area contributed by atoms with Crippen molar-refractivity contribution >= 4 is 32.1 Å². The topological polar surface area (TPSA) is 80.5 Å². The van der Waals surface area contributed by atoms with Crippen molar-refractivity contribution < 1.29 is 13.2 Å². The van der Waals surface area contributed by atoms with Crippen LogP contribution in [0.5, 0.6) is 0 Å². The van der Waals surface area contributed by atoms with Gasteiger partial charge in [0.15, 0.2) is 0 Å². The Bertz CT molecular complexity index is 558. The molecule has 5 nitrogen and oxygen atoms in total. The van der Waals surface area contributed by atoms with Gasteiger partial charge < -0.3 is 0 Å². The van der Waals surface area contributed by atoms with Crippen molar-refractivity contribution in [3.8, 4) is 0 Å². The maximum absolute atomic E-state index is 11.8. The van der Waals surface area contributed by atoms with Gasteiger partial charge in [0.25, 0.3) is 0 Å². The number of nitrogens with zero attached hydrogens (tertiary/aromatic N) is 1. The average molecular weight is 319 g/mol. The van der Waals surface area contributed by atoms with Crippen LogP contribution in [-0.2, 0) is 14.8 Å². The first-order valence-electron chi connectivity index (χ1n) is 5.00. The van der Waals surface area contributed by atoms with Crippen LogP contribution in [0.2, 0.25) is 0 Å². The van der Waals surface area contributed by atoms with Gasteiger partial charge in [0.2, 0.25) is 15.9 Å². The highest BCUT2D eigenvalue weighted by Crippen LogP contribution is 2.33. The molecule has 0 bridgehead atoms. The third-order valence-corrected chi connectivity index (χ3v) is 4.44. The Balaban J connectivity index is 2.50. The van der Waals surface area contributed by atoms with E-state index >= 15 is 0 Å². The molecule has 0 aliphatic carbocycles. The third kappa shape index (κ3) is 2.36. The summed E-state index contributed by atoms with van der Waals surface area (Å²) in [4.78, 5) is 11.9. The van der Waals surface area contributed by atoms with E-state index in [1.54, 1.807) is 18.2 Å². The number of amides is 1. The van der Waals surface area contributed by atoms with Gasteiger partial charge in [-0.25, -0.2) is 13.6 Å². The first-order valence-corrected chi connectivity index (χ1v) is 7.25. The van der Waals surface area contributed by atoms with Gasteiger partial charge in [0, 0.05) is 6.54 Å². The Kier molecular flexibility index (Phi) is 3.24. The van der Waals surface area contributed by atoms with E-state index in [1.165, 1.54) is 9.99 Å². The van der Waals surface area contributed by atoms with Gasteiger partial charge in [-0.05, 0) is 18.1 Å². The summed E-state index contributed by atoms with van der Waals surface area (Å²) in [7, 11) is -3.80. The van der Waals surface area contributed by atoms with Crippen LogP contribution < -0.4 is 5.14 Å². The standard InChI is InChI=1S/C10H11BrN2O3S/c11-13-6-5-8(10(13)14)7-3-1-2-4-9(7)17(12,15)16/h1-4,8H,5-6H2,(H2,12,15,16)/t8-/m0/s1. The summed E-state index contributed by atoms with van der Waals surface area (Å²) in [6.45, 7) is 0.558. The lowest BCUT2D eigenvalue weighted by atomic mass is 9.98. The number of primary sulfonamides is 1. The molecular weight excluding hydrogens is 308 g/mol. The molecule has 17 heavy (non-hydrogen) atoms. The Labute approximate surface area is 108 Å². The summed E-state index contributed by atoms with van der Waals surface area (Å²) < 4.78 is 24.3. The van der Waals surface area contributed by atoms with E-state index in [2.05, 4.69) is 16.1 Å². The van der Waals surface area contributed by atoms with Crippen molar-refractivity contribution in [1.29, 1.82) is 0 Å². The van der Waals surface area contributed by atoms with Crippen molar-refractivity contribution in [3.63, 3.8) is 0 Å². The highest BCUT2D eigenvalue weighted by molar-refractivity contribution is 9.07. The van der Waals surface area contributed by atoms with Crippen LogP contribution in [0.4, 0.5) is 0 Å². The van der Waals surface area contributed by atoms with Gasteiger partial charge in [-0.15, -0.1) is 0 Å². The van der Waals surface area contributed by atoms with Crippen LogP contribution >= 0.6 is 16.1 Å². The lowest BCUT2D eigenvalue weighted by molar-refractivity contribution is -0.124. The van der Waals surface area contributed by atoms with Crippen molar-refractivity contribution in [2.75, 3.05) is 6.54 Å². The summed E-state index contributed by atoms with van der Waals surface area (Å²) in [5, 5.41) is 5.14. The zero-order valence-corrected chi connectivity index (χ0v) is 11.2. The fraction of sp³-hybridized carbons (Fsp3) is 0.300. The summed E-state index contributed by atoms with van der Waals surface area (Å²) >= 11 is 3.12. The minimum atomic E-state index is -3.80. The van der Waals surface area contributed by atoms with Crippen molar-refractivity contribution in [3.05, 3.63) is 29.8 Å². The third-order valence-electron chi connectivity index (χ3n) is 2.75. The molecule has 7 heteroatoms. The lowest BCUT2D eigenvalue weighted by Gasteiger charge is -2.12. The Morgan fingerprint density at radius 2 is 2.00 bits per heavy atom. The maximum atomic E-state index is 11.8. The van der Waals surface area contributed by atoms with Crippen molar-refractivity contribution in [2.24, 2.45) is 5.14 Å². The number of sulfonamides is 1. The lowest BCUT2D eigenvalue weighted by Crippen LogP contribution is -2.20. The van der Waals surface area contributed by atoms with E-state index in [9.17, 15) is 13.2 Å². The second-order valence-corrected chi connectivity index (χ2v) is 6.23. The minimum Gasteiger partial charge on any atom is -0.278 e. The smallest absolute Gasteiger partial charge is 0.240 e. The highest BCUT2D eigenvalue weighted by Gasteiger charge is 2.34. The molecule has 0 spiro atoms. The predicted molar refractivity (Wildman–Crippen MR) is 65.8 cm³/mol. The van der Waals surface area contributed by atoms with E-state index in [-0.39, 0.29) is 10.8 Å². The van der Waals surface area contributed by atoms with E-state index in [0.29, 0.717) is 18.5 Å². The SMILES string of the molecule is NS(=O)(=O)c1ccccc1[C@@H]1CCN(Br)C1=O. The number of rotatable bonds is 2. The van der Waals surface area contributed by atoms with Crippen LogP contribution in [0.3, 0.4) is 0 Å². The first-order chi connectivity index (χ1) is 7.91. The van der Waals surface area contributed by atoms with Crippen LogP contribution in [0.1, 0.15) is 17.9 Å². The number of benzene rings is 1. The molecule has 0 unspecified atom stereocenters. The Hall–Kier alpha value is -0.920. The maximum Gasteiger partial charge on any atom is 0.240 e. The monoisotopic (exact) mass is 318 g/mol. The van der Waals surface area contributed by atoms with Crippen LogP contribution in [0.25, 0.3) is 0 Å². The first kappa shape index (κ1) is 12.5. The molecule has 1 aromatic carbocycles. The Morgan fingerprint density at radius 1 is 1.35 bits per heavy atom. The summed E-state index contributed by atoms with van der Waals surface area (Å²) in [6.07, 6.45) is 0.580. The van der Waals surface area contributed by atoms with Crippen LogP contribution in [0, 0.1) is 0 Å². The summed E-state index contributed by atoms with van der Waals surface area (Å²) in [5.74, 6) is -0.579. The fourth-order valence-corrected chi connectivity index (χ4v) is 3.22. The molecule has 0 radical (unpaired) electrons. The number of hydrogen-bond donors (Lipinski definition) is 1. The number of hydrogen-bond acceptors (Lipinski definition) is 3. The van der Waals surface area contributed by atoms with E-state index < -0.39 is 15.9 Å².